The Kier molecular flexibility index (Phi) is 10.1. The minimum atomic E-state index is -3.76. The van der Waals surface area contributed by atoms with E-state index in [9.17, 15) is 18.3 Å². The summed E-state index contributed by atoms with van der Waals surface area (Å²) in [6, 6.07) is 20.8. The van der Waals surface area contributed by atoms with Gasteiger partial charge in [0.15, 0.2) is 0 Å². The molecule has 0 saturated heterocycles. The molecule has 1 amide bonds. The minimum Gasteiger partial charge on any atom is -0.508 e. The van der Waals surface area contributed by atoms with Gasteiger partial charge in [0, 0.05) is 57.4 Å². The van der Waals surface area contributed by atoms with Crippen LogP contribution in [0, 0.1) is 0 Å². The predicted molar refractivity (Wildman–Crippen MR) is 169 cm³/mol. The van der Waals surface area contributed by atoms with Crippen LogP contribution in [0.25, 0.3) is 0 Å². The quantitative estimate of drug-likeness (QED) is 0.375. The Bertz CT molecular complexity index is 1480. The van der Waals surface area contributed by atoms with Gasteiger partial charge in [0.2, 0.25) is 15.9 Å². The van der Waals surface area contributed by atoms with E-state index >= 15 is 0 Å². The number of rotatable bonds is 6. The first-order chi connectivity index (χ1) is 19.9. The molecule has 0 radical (unpaired) electrons. The van der Waals surface area contributed by atoms with Gasteiger partial charge in [-0.2, -0.15) is 4.31 Å². The largest absolute Gasteiger partial charge is 0.508 e. The number of aryl methyl sites for hydroxylation is 1. The average Bonchev–Trinajstić information content (AvgIpc) is 2.97. The fourth-order valence-corrected chi connectivity index (χ4v) is 6.98. The molecule has 0 fully saturated rings. The number of aromatic hydroxyl groups is 1. The number of carbonyl (C=O) groups excluding carboxylic acids is 1. The van der Waals surface area contributed by atoms with Gasteiger partial charge >= 0.3 is 0 Å². The van der Waals surface area contributed by atoms with E-state index in [4.69, 9.17) is 0 Å². The van der Waals surface area contributed by atoms with Gasteiger partial charge in [-0.25, -0.2) is 8.42 Å². The maximum Gasteiger partial charge on any atom is 0.243 e. The van der Waals surface area contributed by atoms with E-state index in [1.165, 1.54) is 0 Å². The van der Waals surface area contributed by atoms with E-state index in [0.717, 1.165) is 40.8 Å². The second-order valence-corrected chi connectivity index (χ2v) is 14.2. The van der Waals surface area contributed by atoms with E-state index in [1.807, 2.05) is 48.5 Å². The van der Waals surface area contributed by atoms with Crippen molar-refractivity contribution < 1.29 is 18.3 Å². The Morgan fingerprint density at radius 2 is 1.64 bits per heavy atom. The standard InChI is InChI=1S/C34H45N3O4S/c1-6-10-27-13-16-31(17-14-27)42(40,41)36-19-9-20-37(26(2)38)32-12-8-7-11-28(32)24-35(21-22-36)25-29-23-30(34(3,4)5)15-18-33(29)39/h7-8,11-18,23,39H,6,9-10,19-22,24-25H2,1-5H3. The molecule has 226 valence electrons. The number of phenols is 1. The molecule has 1 N–H and O–H groups in total. The number of carbonyl (C=O) groups is 1. The summed E-state index contributed by atoms with van der Waals surface area (Å²) in [7, 11) is -3.76. The highest BCUT2D eigenvalue weighted by Gasteiger charge is 2.27. The Balaban J connectivity index is 1.71. The van der Waals surface area contributed by atoms with Gasteiger partial charge in [-0.15, -0.1) is 0 Å². The lowest BCUT2D eigenvalue weighted by molar-refractivity contribution is -0.116. The summed E-state index contributed by atoms with van der Waals surface area (Å²) in [6.07, 6.45) is 2.41. The van der Waals surface area contributed by atoms with Crippen molar-refractivity contribution >= 4 is 21.6 Å². The van der Waals surface area contributed by atoms with E-state index in [2.05, 4.69) is 32.6 Å². The van der Waals surface area contributed by atoms with E-state index in [-0.39, 0.29) is 22.0 Å². The fourth-order valence-electron chi connectivity index (χ4n) is 5.51. The molecule has 0 saturated carbocycles. The lowest BCUT2D eigenvalue weighted by Crippen LogP contribution is -2.39. The molecule has 1 aliphatic rings. The van der Waals surface area contributed by atoms with E-state index in [0.29, 0.717) is 45.7 Å². The summed E-state index contributed by atoms with van der Waals surface area (Å²) in [5.41, 5.74) is 4.77. The van der Waals surface area contributed by atoms with Crippen molar-refractivity contribution in [3.63, 3.8) is 0 Å². The van der Waals surface area contributed by atoms with E-state index in [1.54, 1.807) is 34.3 Å². The van der Waals surface area contributed by atoms with Crippen LogP contribution in [0.1, 0.15) is 69.7 Å². The summed E-state index contributed by atoms with van der Waals surface area (Å²) in [4.78, 5) is 17.0. The van der Waals surface area contributed by atoms with Crippen molar-refractivity contribution in [1.82, 2.24) is 9.21 Å². The first-order valence-corrected chi connectivity index (χ1v) is 16.3. The van der Waals surface area contributed by atoms with E-state index < -0.39 is 10.0 Å². The first-order valence-electron chi connectivity index (χ1n) is 14.9. The minimum absolute atomic E-state index is 0.0790. The number of fused-ring (bicyclic) bond motifs is 1. The third-order valence-electron chi connectivity index (χ3n) is 7.95. The molecule has 0 atom stereocenters. The molecule has 1 aliphatic heterocycles. The average molecular weight is 592 g/mol. The fraction of sp³-hybridized carbons (Fsp3) is 0.441. The SMILES string of the molecule is CCCc1ccc(S(=O)(=O)N2CCCN(C(C)=O)c3ccccc3CN(Cc3cc(C(C)(C)C)ccc3O)CC2)cc1. The normalized spacial score (nSPS) is 16.1. The molecule has 0 bridgehead atoms. The van der Waals surface area contributed by atoms with Crippen LogP contribution in [-0.2, 0) is 39.7 Å². The molecule has 0 unspecified atom stereocenters. The summed E-state index contributed by atoms with van der Waals surface area (Å²) in [6.45, 7) is 12.5. The van der Waals surface area contributed by atoms with Gasteiger partial charge < -0.3 is 10.0 Å². The van der Waals surface area contributed by atoms with Crippen molar-refractivity contribution in [2.45, 2.75) is 77.3 Å². The molecule has 0 aliphatic carbocycles. The maximum absolute atomic E-state index is 13.9. The van der Waals surface area contributed by atoms with Crippen LogP contribution in [0.2, 0.25) is 0 Å². The van der Waals surface area contributed by atoms with Crippen LogP contribution in [0.15, 0.2) is 71.6 Å². The van der Waals surface area contributed by atoms with Crippen molar-refractivity contribution in [3.8, 4) is 5.75 Å². The number of nitrogens with zero attached hydrogens (tertiary/aromatic N) is 3. The first kappa shape index (κ1) is 31.7. The molecule has 7 nitrogen and oxygen atoms in total. The second kappa shape index (κ2) is 13.4. The van der Waals surface area contributed by atoms with Gasteiger partial charge in [-0.1, -0.05) is 76.6 Å². The molecule has 8 heteroatoms. The highest BCUT2D eigenvalue weighted by atomic mass is 32.2. The monoisotopic (exact) mass is 591 g/mol. The molecule has 3 aromatic rings. The highest BCUT2D eigenvalue weighted by Crippen LogP contribution is 2.30. The van der Waals surface area contributed by atoms with Crippen molar-refractivity contribution in [2.24, 2.45) is 0 Å². The lowest BCUT2D eigenvalue weighted by atomic mass is 9.86. The van der Waals surface area contributed by atoms with Crippen molar-refractivity contribution in [1.29, 1.82) is 0 Å². The summed E-state index contributed by atoms with van der Waals surface area (Å²) < 4.78 is 29.4. The molecule has 4 rings (SSSR count). The lowest BCUT2D eigenvalue weighted by Gasteiger charge is -2.28. The molecule has 0 aromatic heterocycles. The zero-order valence-corrected chi connectivity index (χ0v) is 26.5. The molecular weight excluding hydrogens is 546 g/mol. The third-order valence-corrected chi connectivity index (χ3v) is 9.86. The number of amides is 1. The van der Waals surface area contributed by atoms with Crippen LogP contribution in [0.3, 0.4) is 0 Å². The van der Waals surface area contributed by atoms with Gasteiger partial charge in [0.25, 0.3) is 0 Å². The van der Waals surface area contributed by atoms with Crippen molar-refractivity contribution in [2.75, 3.05) is 31.1 Å². The van der Waals surface area contributed by atoms with Crippen molar-refractivity contribution in [3.05, 3.63) is 89.0 Å². The summed E-state index contributed by atoms with van der Waals surface area (Å²) in [5.74, 6) is 0.136. The van der Waals surface area contributed by atoms with Gasteiger partial charge in [0.05, 0.1) is 4.90 Å². The number of phenolic OH excluding ortho intramolecular Hbond substituents is 1. The van der Waals surface area contributed by atoms with Gasteiger partial charge in [-0.3, -0.25) is 9.69 Å². The summed E-state index contributed by atoms with van der Waals surface area (Å²) in [5, 5.41) is 10.8. The van der Waals surface area contributed by atoms with Crippen LogP contribution < -0.4 is 4.90 Å². The maximum atomic E-state index is 13.9. The zero-order valence-electron chi connectivity index (χ0n) is 25.6. The van der Waals surface area contributed by atoms with Crippen LogP contribution in [0.5, 0.6) is 5.75 Å². The number of para-hydroxylation sites is 1. The van der Waals surface area contributed by atoms with Crippen LogP contribution in [0.4, 0.5) is 5.69 Å². The molecule has 42 heavy (non-hydrogen) atoms. The number of sulfonamides is 1. The number of hydrogen-bond donors (Lipinski definition) is 1. The molecule has 1 heterocycles. The number of benzene rings is 3. The molecular formula is C34H45N3O4S. The molecule has 3 aromatic carbocycles. The van der Waals surface area contributed by atoms with Crippen LogP contribution >= 0.6 is 0 Å². The zero-order chi connectivity index (χ0) is 30.5. The third kappa shape index (κ3) is 7.60. The Labute approximate surface area is 251 Å². The highest BCUT2D eigenvalue weighted by molar-refractivity contribution is 7.89. The van der Waals surface area contributed by atoms with Crippen LogP contribution in [-0.4, -0.2) is 54.8 Å². The predicted octanol–water partition coefficient (Wildman–Crippen LogP) is 6.09. The topological polar surface area (TPSA) is 81.2 Å². The van der Waals surface area contributed by atoms with Gasteiger partial charge in [0.1, 0.15) is 5.75 Å². The summed E-state index contributed by atoms with van der Waals surface area (Å²) >= 11 is 0. The smallest absolute Gasteiger partial charge is 0.243 e. The number of hydrogen-bond acceptors (Lipinski definition) is 5. The Morgan fingerprint density at radius 1 is 0.929 bits per heavy atom. The number of anilines is 1. The Morgan fingerprint density at radius 3 is 2.31 bits per heavy atom. The van der Waals surface area contributed by atoms with Gasteiger partial charge in [-0.05, 0) is 59.2 Å². The second-order valence-electron chi connectivity index (χ2n) is 12.3. The Hall–Kier alpha value is -3.20. The molecule has 0 spiro atoms.